The van der Waals surface area contributed by atoms with Gasteiger partial charge in [0.1, 0.15) is 0 Å². The molecule has 2 fully saturated rings. The summed E-state index contributed by atoms with van der Waals surface area (Å²) in [5.74, 6) is 0.834. The highest BCUT2D eigenvalue weighted by atomic mass is 15.2. The van der Waals surface area contributed by atoms with Gasteiger partial charge in [0, 0.05) is 32.2 Å². The minimum Gasteiger partial charge on any atom is -0.314 e. The maximum Gasteiger partial charge on any atom is 0.0110 e. The molecule has 0 radical (unpaired) electrons. The Kier molecular flexibility index (Phi) is 6.49. The number of benzene rings is 1. The van der Waals surface area contributed by atoms with Crippen molar-refractivity contribution in [1.29, 1.82) is 0 Å². The number of hydrogen-bond donors (Lipinski definition) is 1. The average Bonchev–Trinajstić information content (AvgIpc) is 3.01. The maximum absolute atomic E-state index is 3.86. The van der Waals surface area contributed by atoms with Crippen LogP contribution in [0.3, 0.4) is 0 Å². The Balaban J connectivity index is 1.34. The predicted octanol–water partition coefficient (Wildman–Crippen LogP) is 2.62. The van der Waals surface area contributed by atoms with Crippen molar-refractivity contribution in [2.24, 2.45) is 5.92 Å². The second kappa shape index (κ2) is 8.81. The lowest BCUT2D eigenvalue weighted by Gasteiger charge is -2.32. The maximum atomic E-state index is 3.86. The molecule has 0 unspecified atom stereocenters. The largest absolute Gasteiger partial charge is 0.314 e. The summed E-state index contributed by atoms with van der Waals surface area (Å²) >= 11 is 0. The molecule has 2 atom stereocenters. The molecule has 0 amide bonds. The van der Waals surface area contributed by atoms with Gasteiger partial charge in [0.2, 0.25) is 0 Å². The van der Waals surface area contributed by atoms with Crippen molar-refractivity contribution in [3.8, 4) is 0 Å². The highest BCUT2D eigenvalue weighted by molar-refractivity contribution is 5.16. The van der Waals surface area contributed by atoms with Crippen molar-refractivity contribution >= 4 is 0 Å². The molecular weight excluding hydrogens is 282 g/mol. The zero-order chi connectivity index (χ0) is 15.9. The first kappa shape index (κ1) is 16.9. The van der Waals surface area contributed by atoms with Crippen LogP contribution in [0.2, 0.25) is 0 Å². The van der Waals surface area contributed by atoms with E-state index >= 15 is 0 Å². The first-order chi connectivity index (χ1) is 11.3. The zero-order valence-corrected chi connectivity index (χ0v) is 14.7. The van der Waals surface area contributed by atoms with E-state index in [0.717, 1.165) is 12.0 Å². The quantitative estimate of drug-likeness (QED) is 0.780. The molecule has 1 aromatic carbocycles. The molecule has 128 valence electrons. The van der Waals surface area contributed by atoms with Crippen LogP contribution < -0.4 is 5.32 Å². The summed E-state index contributed by atoms with van der Waals surface area (Å²) in [6.07, 6.45) is 6.69. The summed E-state index contributed by atoms with van der Waals surface area (Å²) in [5.41, 5.74) is 1.50. The van der Waals surface area contributed by atoms with Crippen LogP contribution in [0.1, 0.15) is 31.2 Å². The molecular formula is C20H33N3. The van der Waals surface area contributed by atoms with Gasteiger partial charge in [-0.3, -0.25) is 0 Å². The topological polar surface area (TPSA) is 18.5 Å². The lowest BCUT2D eigenvalue weighted by Crippen LogP contribution is -2.45. The van der Waals surface area contributed by atoms with Crippen molar-refractivity contribution < 1.29 is 0 Å². The minimum absolute atomic E-state index is 0.739. The van der Waals surface area contributed by atoms with E-state index in [-0.39, 0.29) is 0 Å². The third-order valence-electron chi connectivity index (χ3n) is 5.65. The second-order valence-corrected chi connectivity index (χ2v) is 7.44. The van der Waals surface area contributed by atoms with Crippen molar-refractivity contribution in [3.05, 3.63) is 35.9 Å². The van der Waals surface area contributed by atoms with Crippen molar-refractivity contribution in [2.75, 3.05) is 46.3 Å². The zero-order valence-electron chi connectivity index (χ0n) is 14.7. The van der Waals surface area contributed by atoms with Gasteiger partial charge in [-0.15, -0.1) is 0 Å². The van der Waals surface area contributed by atoms with E-state index in [1.54, 1.807) is 0 Å². The fourth-order valence-corrected chi connectivity index (χ4v) is 4.13. The molecule has 1 aliphatic carbocycles. The number of nitrogens with zero attached hydrogens (tertiary/aromatic N) is 2. The molecule has 0 spiro atoms. The Morgan fingerprint density at radius 2 is 1.83 bits per heavy atom. The summed E-state index contributed by atoms with van der Waals surface area (Å²) in [5, 5.41) is 3.86. The standard InChI is InChI=1S/C20H33N3/c1-22-13-15-23(16-14-22)12-6-11-21-20-10-5-9-19(20)17-18-7-3-2-4-8-18/h2-4,7-8,19-21H,5-6,9-17H2,1H3/t19-,20+/m0/s1. The number of nitrogens with one attached hydrogen (secondary N) is 1. The Bertz CT molecular complexity index is 439. The highest BCUT2D eigenvalue weighted by Crippen LogP contribution is 2.28. The van der Waals surface area contributed by atoms with Crippen molar-refractivity contribution in [2.45, 2.75) is 38.1 Å². The molecule has 3 nitrogen and oxygen atoms in total. The van der Waals surface area contributed by atoms with E-state index in [2.05, 4.69) is 52.5 Å². The molecule has 1 aromatic rings. The van der Waals surface area contributed by atoms with Gasteiger partial charge in [0.25, 0.3) is 0 Å². The fourth-order valence-electron chi connectivity index (χ4n) is 4.13. The summed E-state index contributed by atoms with van der Waals surface area (Å²) in [6, 6.07) is 11.8. The molecule has 1 heterocycles. The first-order valence-corrected chi connectivity index (χ1v) is 9.49. The van der Waals surface area contributed by atoms with Gasteiger partial charge in [0.15, 0.2) is 0 Å². The minimum atomic E-state index is 0.739. The van der Waals surface area contributed by atoms with Gasteiger partial charge in [-0.1, -0.05) is 36.8 Å². The van der Waals surface area contributed by atoms with Crippen LogP contribution in [-0.4, -0.2) is 62.2 Å². The van der Waals surface area contributed by atoms with Gasteiger partial charge in [0.05, 0.1) is 0 Å². The number of hydrogen-bond acceptors (Lipinski definition) is 3. The Hall–Kier alpha value is -0.900. The van der Waals surface area contributed by atoms with Gasteiger partial charge in [-0.25, -0.2) is 0 Å². The first-order valence-electron chi connectivity index (χ1n) is 9.49. The molecule has 2 aliphatic rings. The predicted molar refractivity (Wildman–Crippen MR) is 97.8 cm³/mol. The van der Waals surface area contributed by atoms with Crippen LogP contribution in [-0.2, 0) is 6.42 Å². The second-order valence-electron chi connectivity index (χ2n) is 7.44. The number of piperazine rings is 1. The Labute approximate surface area is 142 Å². The lowest BCUT2D eigenvalue weighted by molar-refractivity contribution is 0.152. The summed E-state index contributed by atoms with van der Waals surface area (Å²) in [6.45, 7) is 7.40. The fraction of sp³-hybridized carbons (Fsp3) is 0.700. The van der Waals surface area contributed by atoms with Gasteiger partial charge in [-0.05, 0) is 57.3 Å². The summed E-state index contributed by atoms with van der Waals surface area (Å²) in [4.78, 5) is 5.05. The van der Waals surface area contributed by atoms with Crippen LogP contribution in [0.25, 0.3) is 0 Å². The van der Waals surface area contributed by atoms with Gasteiger partial charge in [-0.2, -0.15) is 0 Å². The molecule has 3 heteroatoms. The monoisotopic (exact) mass is 315 g/mol. The SMILES string of the molecule is CN1CCN(CCCN[C@@H]2CCC[C@H]2Cc2ccccc2)CC1. The Morgan fingerprint density at radius 3 is 2.61 bits per heavy atom. The van der Waals surface area contributed by atoms with E-state index in [9.17, 15) is 0 Å². The van der Waals surface area contributed by atoms with Crippen LogP contribution in [0.5, 0.6) is 0 Å². The third kappa shape index (κ3) is 5.30. The molecule has 1 saturated heterocycles. The number of likely N-dealkylation sites (N-methyl/N-ethyl adjacent to an activating group) is 1. The Morgan fingerprint density at radius 1 is 1.04 bits per heavy atom. The van der Waals surface area contributed by atoms with E-state index < -0.39 is 0 Å². The van der Waals surface area contributed by atoms with Crippen LogP contribution in [0.15, 0.2) is 30.3 Å². The molecule has 1 aliphatic heterocycles. The van der Waals surface area contributed by atoms with Crippen molar-refractivity contribution in [1.82, 2.24) is 15.1 Å². The average molecular weight is 316 g/mol. The van der Waals surface area contributed by atoms with Crippen molar-refractivity contribution in [3.63, 3.8) is 0 Å². The number of rotatable bonds is 7. The normalized spacial score (nSPS) is 26.7. The molecule has 1 N–H and O–H groups in total. The summed E-state index contributed by atoms with van der Waals surface area (Å²) < 4.78 is 0. The van der Waals surface area contributed by atoms with Crippen LogP contribution >= 0.6 is 0 Å². The van der Waals surface area contributed by atoms with E-state index in [0.29, 0.717) is 0 Å². The van der Waals surface area contributed by atoms with Gasteiger partial charge < -0.3 is 15.1 Å². The lowest BCUT2D eigenvalue weighted by atomic mass is 9.94. The molecule has 23 heavy (non-hydrogen) atoms. The van der Waals surface area contributed by atoms with Gasteiger partial charge >= 0.3 is 0 Å². The van der Waals surface area contributed by atoms with E-state index in [4.69, 9.17) is 0 Å². The smallest absolute Gasteiger partial charge is 0.0110 e. The molecule has 3 rings (SSSR count). The third-order valence-corrected chi connectivity index (χ3v) is 5.65. The molecule has 0 aromatic heterocycles. The highest BCUT2D eigenvalue weighted by Gasteiger charge is 2.26. The summed E-state index contributed by atoms with van der Waals surface area (Å²) in [7, 11) is 2.23. The molecule has 0 bridgehead atoms. The van der Waals surface area contributed by atoms with E-state index in [1.807, 2.05) is 0 Å². The van der Waals surface area contributed by atoms with E-state index in [1.165, 1.54) is 76.9 Å². The van der Waals surface area contributed by atoms with Crippen LogP contribution in [0, 0.1) is 5.92 Å². The van der Waals surface area contributed by atoms with Crippen LogP contribution in [0.4, 0.5) is 0 Å². The molecule has 1 saturated carbocycles.